The number of aliphatic hydroxyl groups is 2. The predicted octanol–water partition coefficient (Wildman–Crippen LogP) is 1.43. The summed E-state index contributed by atoms with van der Waals surface area (Å²) in [5.41, 5.74) is -1.41. The van der Waals surface area contributed by atoms with Gasteiger partial charge in [0.1, 0.15) is 11.4 Å². The van der Waals surface area contributed by atoms with Crippen molar-refractivity contribution < 1.29 is 14.6 Å². The molecule has 0 fully saturated rings. The lowest BCUT2D eigenvalue weighted by molar-refractivity contribution is -0.0726. The van der Waals surface area contributed by atoms with E-state index in [1.54, 1.807) is 12.1 Å². The van der Waals surface area contributed by atoms with Crippen LogP contribution in [-0.2, 0) is 12.0 Å². The van der Waals surface area contributed by atoms with Gasteiger partial charge in [-0.15, -0.1) is 0 Å². The minimum Gasteiger partial charge on any atom is -0.424 e. The highest BCUT2D eigenvalue weighted by atomic mass is 16.4. The van der Waals surface area contributed by atoms with Crippen LogP contribution >= 0.6 is 0 Å². The summed E-state index contributed by atoms with van der Waals surface area (Å²) in [6.45, 7) is 6.89. The van der Waals surface area contributed by atoms with Gasteiger partial charge in [-0.05, 0) is 38.3 Å². The fourth-order valence-electron chi connectivity index (χ4n) is 1.51. The summed E-state index contributed by atoms with van der Waals surface area (Å²) in [4.78, 5) is 11.7. The van der Waals surface area contributed by atoms with Crippen LogP contribution in [0.15, 0.2) is 21.3 Å². The zero-order chi connectivity index (χ0) is 13.2. The Kier molecular flexibility index (Phi) is 4.11. The summed E-state index contributed by atoms with van der Waals surface area (Å²) in [6, 6.07) is 3.20. The molecule has 4 heteroatoms. The molecule has 0 aliphatic rings. The van der Waals surface area contributed by atoms with Gasteiger partial charge in [0.25, 0.3) is 0 Å². The molecule has 0 aliphatic carbocycles. The van der Waals surface area contributed by atoms with Crippen molar-refractivity contribution in [2.45, 2.75) is 45.8 Å². The van der Waals surface area contributed by atoms with Gasteiger partial charge in [-0.1, -0.05) is 13.8 Å². The van der Waals surface area contributed by atoms with Gasteiger partial charge in [0.15, 0.2) is 0 Å². The molecule has 1 heterocycles. The molecular weight excluding hydrogens is 220 g/mol. The minimum absolute atomic E-state index is 0.0880. The highest BCUT2D eigenvalue weighted by Gasteiger charge is 2.32. The van der Waals surface area contributed by atoms with Crippen LogP contribution in [0.3, 0.4) is 0 Å². The van der Waals surface area contributed by atoms with Gasteiger partial charge in [0.2, 0.25) is 0 Å². The third-order valence-electron chi connectivity index (χ3n) is 2.84. The van der Waals surface area contributed by atoms with Crippen molar-refractivity contribution in [2.24, 2.45) is 5.92 Å². The average molecular weight is 240 g/mol. The first kappa shape index (κ1) is 13.9. The second kappa shape index (κ2) is 5.02. The molecule has 0 aliphatic heterocycles. The second-order valence-electron chi connectivity index (χ2n) is 5.03. The largest absolute Gasteiger partial charge is 0.424 e. The topological polar surface area (TPSA) is 70.7 Å². The number of aliphatic hydroxyl groups excluding tert-OH is 1. The maximum atomic E-state index is 11.7. The Morgan fingerprint density at radius 2 is 1.94 bits per heavy atom. The van der Waals surface area contributed by atoms with E-state index in [-0.39, 0.29) is 5.76 Å². The van der Waals surface area contributed by atoms with E-state index < -0.39 is 17.3 Å². The van der Waals surface area contributed by atoms with E-state index in [9.17, 15) is 15.0 Å². The molecule has 96 valence electrons. The summed E-state index contributed by atoms with van der Waals surface area (Å²) < 4.78 is 5.07. The van der Waals surface area contributed by atoms with E-state index in [0.717, 1.165) is 0 Å². The van der Waals surface area contributed by atoms with Gasteiger partial charge in [-0.3, -0.25) is 0 Å². The SMILES string of the molecule is CC(C)Cc1ccc([C@@](C)(O)[C@H](C)O)oc1=O. The van der Waals surface area contributed by atoms with E-state index >= 15 is 0 Å². The lowest BCUT2D eigenvalue weighted by atomic mass is 9.96. The van der Waals surface area contributed by atoms with Crippen LogP contribution in [0.1, 0.15) is 39.0 Å². The Bertz CT molecular complexity index is 429. The molecule has 2 N–H and O–H groups in total. The molecular formula is C13H20O4. The van der Waals surface area contributed by atoms with Crippen molar-refractivity contribution in [1.29, 1.82) is 0 Å². The van der Waals surface area contributed by atoms with Gasteiger partial charge in [0, 0.05) is 5.56 Å². The summed E-state index contributed by atoms with van der Waals surface area (Å²) in [6.07, 6.45) is -0.374. The Hall–Kier alpha value is -1.13. The monoisotopic (exact) mass is 240 g/mol. The summed E-state index contributed by atoms with van der Waals surface area (Å²) in [5.74, 6) is 0.450. The van der Waals surface area contributed by atoms with E-state index in [4.69, 9.17) is 4.42 Å². The molecule has 1 rings (SSSR count). The van der Waals surface area contributed by atoms with Gasteiger partial charge in [0.05, 0.1) is 6.10 Å². The molecule has 0 aromatic carbocycles. The zero-order valence-corrected chi connectivity index (χ0v) is 10.7. The molecule has 4 nitrogen and oxygen atoms in total. The molecule has 17 heavy (non-hydrogen) atoms. The third-order valence-corrected chi connectivity index (χ3v) is 2.84. The van der Waals surface area contributed by atoms with E-state index in [1.807, 2.05) is 13.8 Å². The van der Waals surface area contributed by atoms with Gasteiger partial charge < -0.3 is 14.6 Å². The summed E-state index contributed by atoms with van der Waals surface area (Å²) in [7, 11) is 0. The molecule has 0 saturated heterocycles. The van der Waals surface area contributed by atoms with Crippen LogP contribution in [0, 0.1) is 5.92 Å². The fourth-order valence-corrected chi connectivity index (χ4v) is 1.51. The van der Waals surface area contributed by atoms with E-state index in [0.29, 0.717) is 17.9 Å². The average Bonchev–Trinajstić information content (AvgIpc) is 2.20. The smallest absolute Gasteiger partial charge is 0.339 e. The molecule has 1 aromatic heterocycles. The second-order valence-corrected chi connectivity index (χ2v) is 5.03. The Morgan fingerprint density at radius 1 is 1.35 bits per heavy atom. The van der Waals surface area contributed by atoms with Crippen LogP contribution in [0.2, 0.25) is 0 Å². The molecule has 0 spiro atoms. The fraction of sp³-hybridized carbons (Fsp3) is 0.615. The Balaban J connectivity index is 3.09. The van der Waals surface area contributed by atoms with Crippen LogP contribution in [0.4, 0.5) is 0 Å². The van der Waals surface area contributed by atoms with Crippen LogP contribution in [0.25, 0.3) is 0 Å². The predicted molar refractivity (Wildman–Crippen MR) is 64.8 cm³/mol. The van der Waals surface area contributed by atoms with Gasteiger partial charge in [-0.25, -0.2) is 4.79 Å². The molecule has 0 bridgehead atoms. The van der Waals surface area contributed by atoms with Crippen molar-refractivity contribution in [1.82, 2.24) is 0 Å². The standard InChI is InChI=1S/C13H20O4/c1-8(2)7-10-5-6-11(17-12(10)15)13(4,16)9(3)14/h5-6,8-9,14,16H,7H2,1-4H3/t9-,13-/m0/s1. The highest BCUT2D eigenvalue weighted by Crippen LogP contribution is 2.23. The zero-order valence-electron chi connectivity index (χ0n) is 10.7. The molecule has 0 saturated carbocycles. The molecule has 1 aromatic rings. The molecule has 0 radical (unpaired) electrons. The van der Waals surface area contributed by atoms with Crippen molar-refractivity contribution in [3.63, 3.8) is 0 Å². The first-order valence-electron chi connectivity index (χ1n) is 5.79. The number of rotatable bonds is 4. The minimum atomic E-state index is -1.55. The van der Waals surface area contributed by atoms with Crippen molar-refractivity contribution in [3.05, 3.63) is 33.9 Å². The van der Waals surface area contributed by atoms with Gasteiger partial charge >= 0.3 is 5.63 Å². The van der Waals surface area contributed by atoms with Crippen molar-refractivity contribution in [2.75, 3.05) is 0 Å². The van der Waals surface area contributed by atoms with Crippen LogP contribution < -0.4 is 5.63 Å². The summed E-state index contributed by atoms with van der Waals surface area (Å²) >= 11 is 0. The van der Waals surface area contributed by atoms with Crippen molar-refractivity contribution >= 4 is 0 Å². The van der Waals surface area contributed by atoms with E-state index in [1.165, 1.54) is 13.8 Å². The van der Waals surface area contributed by atoms with Crippen molar-refractivity contribution in [3.8, 4) is 0 Å². The number of hydrogen-bond acceptors (Lipinski definition) is 4. The lowest BCUT2D eigenvalue weighted by Gasteiger charge is -2.24. The van der Waals surface area contributed by atoms with Gasteiger partial charge in [-0.2, -0.15) is 0 Å². The molecule has 0 amide bonds. The summed E-state index contributed by atoms with van der Waals surface area (Å²) in [5, 5.41) is 19.4. The van der Waals surface area contributed by atoms with Crippen LogP contribution in [-0.4, -0.2) is 16.3 Å². The lowest BCUT2D eigenvalue weighted by Crippen LogP contribution is -2.35. The quantitative estimate of drug-likeness (QED) is 0.835. The first-order chi connectivity index (χ1) is 7.75. The molecule has 0 unspecified atom stereocenters. The van der Waals surface area contributed by atoms with Crippen LogP contribution in [0.5, 0.6) is 0 Å². The molecule has 2 atom stereocenters. The maximum absolute atomic E-state index is 11.7. The first-order valence-corrected chi connectivity index (χ1v) is 5.79. The highest BCUT2D eigenvalue weighted by molar-refractivity contribution is 5.16. The van der Waals surface area contributed by atoms with E-state index in [2.05, 4.69) is 0 Å². The Labute approximate surface area is 101 Å². The maximum Gasteiger partial charge on any atom is 0.339 e. The Morgan fingerprint density at radius 3 is 2.35 bits per heavy atom. The third kappa shape index (κ3) is 3.17. The number of hydrogen-bond donors (Lipinski definition) is 2. The normalized spacial score (nSPS) is 16.9.